The van der Waals surface area contributed by atoms with E-state index in [1.807, 2.05) is 30.3 Å². The van der Waals surface area contributed by atoms with Crippen LogP contribution in [0.1, 0.15) is 6.42 Å². The largest absolute Gasteiger partial charge is 0.272 e. The quantitative estimate of drug-likeness (QED) is 0.618. The Bertz CT molecular complexity index is 674. The van der Waals surface area contributed by atoms with Crippen LogP contribution in [0.15, 0.2) is 35.5 Å². The van der Waals surface area contributed by atoms with Crippen LogP contribution in [0.25, 0.3) is 17.0 Å². The average molecular weight is 196 g/mol. The van der Waals surface area contributed by atoms with E-state index in [1.54, 1.807) is 6.20 Å². The molecule has 3 nitrogen and oxygen atoms in total. The Morgan fingerprint density at radius 3 is 3.07 bits per heavy atom. The van der Waals surface area contributed by atoms with Crippen molar-refractivity contribution in [3.8, 4) is 0 Å². The van der Waals surface area contributed by atoms with Crippen molar-refractivity contribution in [1.29, 1.82) is 0 Å². The molecular weight excluding hydrogens is 188 g/mol. The van der Waals surface area contributed by atoms with Gasteiger partial charge in [0, 0.05) is 23.2 Å². The van der Waals surface area contributed by atoms with E-state index in [4.69, 9.17) is 0 Å². The highest BCUT2D eigenvalue weighted by atomic mass is 16.1. The molecule has 0 spiro atoms. The van der Waals surface area contributed by atoms with E-state index in [0.717, 1.165) is 21.5 Å². The van der Waals surface area contributed by atoms with Gasteiger partial charge in [0.15, 0.2) is 0 Å². The summed E-state index contributed by atoms with van der Waals surface area (Å²) in [5, 5.41) is 2.79. The standard InChI is InChI=1S/C12H8N2O/c15-11-6-4-9-10(14-11)5-3-8-2-1-7-13-12(8)9/h1-5,7H,6H2. The highest BCUT2D eigenvalue weighted by Crippen LogP contribution is 2.04. The van der Waals surface area contributed by atoms with E-state index in [2.05, 4.69) is 9.98 Å². The van der Waals surface area contributed by atoms with Gasteiger partial charge in [-0.2, -0.15) is 0 Å². The first-order valence-corrected chi connectivity index (χ1v) is 4.80. The van der Waals surface area contributed by atoms with Gasteiger partial charge in [-0.05, 0) is 12.1 Å². The zero-order chi connectivity index (χ0) is 10.3. The summed E-state index contributed by atoms with van der Waals surface area (Å²) in [6.45, 7) is 0. The zero-order valence-electron chi connectivity index (χ0n) is 7.97. The van der Waals surface area contributed by atoms with Crippen molar-refractivity contribution in [2.45, 2.75) is 6.42 Å². The van der Waals surface area contributed by atoms with Crippen molar-refractivity contribution in [1.82, 2.24) is 4.98 Å². The first kappa shape index (κ1) is 8.29. The van der Waals surface area contributed by atoms with Crippen LogP contribution in [-0.2, 0) is 4.79 Å². The minimum atomic E-state index is -0.0854. The van der Waals surface area contributed by atoms with Gasteiger partial charge in [0.05, 0.1) is 10.9 Å². The lowest BCUT2D eigenvalue weighted by Crippen LogP contribution is -2.30. The second-order valence-corrected chi connectivity index (χ2v) is 3.49. The maximum Gasteiger partial charge on any atom is 0.250 e. The van der Waals surface area contributed by atoms with Gasteiger partial charge in [-0.1, -0.05) is 18.2 Å². The predicted molar refractivity (Wildman–Crippen MR) is 56.6 cm³/mol. The average Bonchev–Trinajstić information content (AvgIpc) is 2.28. The fraction of sp³-hybridized carbons (Fsp3) is 0.0833. The molecular formula is C12H8N2O. The van der Waals surface area contributed by atoms with Crippen molar-refractivity contribution < 1.29 is 4.79 Å². The van der Waals surface area contributed by atoms with Gasteiger partial charge in [-0.15, -0.1) is 0 Å². The van der Waals surface area contributed by atoms with Gasteiger partial charge in [0.1, 0.15) is 0 Å². The van der Waals surface area contributed by atoms with Crippen LogP contribution in [0.5, 0.6) is 0 Å². The molecule has 15 heavy (non-hydrogen) atoms. The van der Waals surface area contributed by atoms with Crippen molar-refractivity contribution in [2.75, 3.05) is 0 Å². The van der Waals surface area contributed by atoms with E-state index in [0.29, 0.717) is 6.42 Å². The summed E-state index contributed by atoms with van der Waals surface area (Å²) in [5.74, 6) is -0.0854. The zero-order valence-corrected chi connectivity index (χ0v) is 7.97. The molecule has 3 heteroatoms. The van der Waals surface area contributed by atoms with E-state index in [1.165, 1.54) is 0 Å². The molecule has 1 aromatic carbocycles. The number of nitrogens with zero attached hydrogens (tertiary/aromatic N) is 2. The van der Waals surface area contributed by atoms with Crippen molar-refractivity contribution in [3.05, 3.63) is 41.0 Å². The first-order chi connectivity index (χ1) is 7.34. The van der Waals surface area contributed by atoms with Gasteiger partial charge in [0.25, 0.3) is 0 Å². The number of benzene rings is 1. The Balaban J connectivity index is 2.56. The fourth-order valence-corrected chi connectivity index (χ4v) is 1.83. The molecule has 0 atom stereocenters. The molecule has 0 radical (unpaired) electrons. The molecule has 3 rings (SSSR count). The molecule has 0 N–H and O–H groups in total. The molecule has 1 amide bonds. The number of hydrogen-bond donors (Lipinski definition) is 0. The number of carbonyl (C=O) groups excluding carboxylic acids is 1. The minimum absolute atomic E-state index is 0.0854. The highest BCUT2D eigenvalue weighted by molar-refractivity contribution is 5.86. The van der Waals surface area contributed by atoms with Gasteiger partial charge >= 0.3 is 0 Å². The van der Waals surface area contributed by atoms with Crippen molar-refractivity contribution >= 4 is 22.9 Å². The van der Waals surface area contributed by atoms with Crippen LogP contribution in [0.2, 0.25) is 0 Å². The summed E-state index contributed by atoms with van der Waals surface area (Å²) in [7, 11) is 0. The number of amides is 1. The molecule has 0 aliphatic carbocycles. The van der Waals surface area contributed by atoms with Crippen LogP contribution in [-0.4, -0.2) is 10.9 Å². The Labute approximate surface area is 85.8 Å². The number of aromatic nitrogens is 1. The molecule has 0 saturated carbocycles. The summed E-state index contributed by atoms with van der Waals surface area (Å²) >= 11 is 0. The topological polar surface area (TPSA) is 42.3 Å². The molecule has 0 unspecified atom stereocenters. The third-order valence-electron chi connectivity index (χ3n) is 2.52. The lowest BCUT2D eigenvalue weighted by atomic mass is 10.1. The van der Waals surface area contributed by atoms with Gasteiger partial charge in [0.2, 0.25) is 5.91 Å². The summed E-state index contributed by atoms with van der Waals surface area (Å²) < 4.78 is 0. The van der Waals surface area contributed by atoms with Gasteiger partial charge < -0.3 is 0 Å². The number of pyridine rings is 1. The molecule has 2 heterocycles. The Kier molecular flexibility index (Phi) is 1.65. The van der Waals surface area contributed by atoms with E-state index in [9.17, 15) is 4.79 Å². The molecule has 72 valence electrons. The van der Waals surface area contributed by atoms with Crippen LogP contribution in [0, 0.1) is 0 Å². The van der Waals surface area contributed by atoms with E-state index in [-0.39, 0.29) is 5.91 Å². The number of fused-ring (bicyclic) bond motifs is 3. The number of hydrogen-bond acceptors (Lipinski definition) is 2. The SMILES string of the molecule is O=C1CC=c2c(ccc3cccnc23)=N1. The minimum Gasteiger partial charge on any atom is -0.272 e. The fourth-order valence-electron chi connectivity index (χ4n) is 1.83. The second kappa shape index (κ2) is 2.98. The summed E-state index contributed by atoms with van der Waals surface area (Å²) in [5.41, 5.74) is 0.922. The Hall–Kier alpha value is -2.03. The summed E-state index contributed by atoms with van der Waals surface area (Å²) in [6, 6.07) is 7.72. The highest BCUT2D eigenvalue weighted by Gasteiger charge is 2.05. The lowest BCUT2D eigenvalue weighted by Gasteiger charge is -2.01. The normalized spacial score (nSPS) is 14.3. The third-order valence-corrected chi connectivity index (χ3v) is 2.52. The van der Waals surface area contributed by atoms with Crippen molar-refractivity contribution in [2.24, 2.45) is 4.99 Å². The molecule has 2 aromatic rings. The molecule has 0 bridgehead atoms. The second-order valence-electron chi connectivity index (χ2n) is 3.49. The first-order valence-electron chi connectivity index (χ1n) is 4.80. The smallest absolute Gasteiger partial charge is 0.250 e. The van der Waals surface area contributed by atoms with Crippen LogP contribution in [0.4, 0.5) is 0 Å². The van der Waals surface area contributed by atoms with Crippen LogP contribution >= 0.6 is 0 Å². The maximum atomic E-state index is 11.1. The van der Waals surface area contributed by atoms with Gasteiger partial charge in [-0.3, -0.25) is 9.78 Å². The maximum absolute atomic E-state index is 11.1. The predicted octanol–water partition coefficient (Wildman–Crippen LogP) is 0.565. The Morgan fingerprint density at radius 2 is 2.13 bits per heavy atom. The van der Waals surface area contributed by atoms with Crippen LogP contribution < -0.4 is 10.6 Å². The Morgan fingerprint density at radius 1 is 1.20 bits per heavy atom. The monoisotopic (exact) mass is 196 g/mol. The summed E-state index contributed by atoms with van der Waals surface area (Å²) in [4.78, 5) is 19.4. The molecule has 0 fully saturated rings. The molecule has 1 aliphatic rings. The lowest BCUT2D eigenvalue weighted by molar-refractivity contribution is -0.117. The third kappa shape index (κ3) is 1.24. The molecule has 1 aromatic heterocycles. The number of rotatable bonds is 0. The van der Waals surface area contributed by atoms with Crippen molar-refractivity contribution in [3.63, 3.8) is 0 Å². The summed E-state index contributed by atoms with van der Waals surface area (Å²) in [6.07, 6.45) is 4.04. The number of carbonyl (C=O) groups is 1. The van der Waals surface area contributed by atoms with Gasteiger partial charge in [-0.25, -0.2) is 4.99 Å². The van der Waals surface area contributed by atoms with Crippen LogP contribution in [0.3, 0.4) is 0 Å². The van der Waals surface area contributed by atoms with E-state index >= 15 is 0 Å². The van der Waals surface area contributed by atoms with E-state index < -0.39 is 0 Å². The molecule has 1 aliphatic heterocycles. The molecule has 0 saturated heterocycles.